The Bertz CT molecular complexity index is 419. The molecule has 0 spiro atoms. The van der Waals surface area contributed by atoms with Crippen molar-refractivity contribution in [3.63, 3.8) is 0 Å². The molecule has 1 fully saturated rings. The molecular weight excluding hydrogens is 250 g/mol. The summed E-state index contributed by atoms with van der Waals surface area (Å²) in [7, 11) is 3.58. The van der Waals surface area contributed by atoms with Gasteiger partial charge in [0.2, 0.25) is 0 Å². The second-order valence-corrected chi connectivity index (χ2v) is 5.64. The topological polar surface area (TPSA) is 29.5 Å². The minimum Gasteiger partial charge on any atom is -0.497 e. The second-order valence-electron chi connectivity index (χ2n) is 5.64. The van der Waals surface area contributed by atoms with Crippen LogP contribution in [0.3, 0.4) is 0 Å². The number of carbonyl (C=O) groups is 1. The number of benzene rings is 1. The number of nitrogens with zero attached hydrogens (tertiary/aromatic N) is 1. The first-order valence-electron chi connectivity index (χ1n) is 7.63. The number of rotatable bonds is 3. The van der Waals surface area contributed by atoms with E-state index in [4.69, 9.17) is 4.74 Å². The SMILES string of the molecule is COc1ccc(C(=O)N(C)C2CCCCCCC2)cc1. The number of hydrogen-bond donors (Lipinski definition) is 0. The molecule has 3 heteroatoms. The Labute approximate surface area is 121 Å². The van der Waals surface area contributed by atoms with Gasteiger partial charge >= 0.3 is 0 Å². The molecule has 1 saturated carbocycles. The highest BCUT2D eigenvalue weighted by atomic mass is 16.5. The van der Waals surface area contributed by atoms with Crippen LogP contribution in [-0.4, -0.2) is 31.0 Å². The van der Waals surface area contributed by atoms with Crippen LogP contribution in [0, 0.1) is 0 Å². The van der Waals surface area contributed by atoms with Gasteiger partial charge < -0.3 is 9.64 Å². The molecule has 0 heterocycles. The molecule has 20 heavy (non-hydrogen) atoms. The average Bonchev–Trinajstić information content (AvgIpc) is 2.46. The molecule has 1 amide bonds. The van der Waals surface area contributed by atoms with Gasteiger partial charge in [0.1, 0.15) is 5.75 Å². The molecule has 110 valence electrons. The van der Waals surface area contributed by atoms with E-state index in [1.165, 1.54) is 32.1 Å². The van der Waals surface area contributed by atoms with Gasteiger partial charge in [-0.2, -0.15) is 0 Å². The van der Waals surface area contributed by atoms with Crippen LogP contribution in [0.2, 0.25) is 0 Å². The van der Waals surface area contributed by atoms with Crippen LogP contribution in [0.5, 0.6) is 5.75 Å². The molecule has 1 aliphatic rings. The summed E-state index contributed by atoms with van der Waals surface area (Å²) < 4.78 is 5.13. The fourth-order valence-corrected chi connectivity index (χ4v) is 2.92. The predicted octanol–water partition coefficient (Wildman–Crippen LogP) is 3.88. The van der Waals surface area contributed by atoms with Gasteiger partial charge in [0.25, 0.3) is 5.91 Å². The van der Waals surface area contributed by atoms with E-state index in [9.17, 15) is 4.79 Å². The Kier molecular flexibility index (Phi) is 5.45. The van der Waals surface area contributed by atoms with Crippen LogP contribution < -0.4 is 4.74 Å². The smallest absolute Gasteiger partial charge is 0.253 e. The van der Waals surface area contributed by atoms with Crippen LogP contribution >= 0.6 is 0 Å². The Hall–Kier alpha value is -1.51. The monoisotopic (exact) mass is 275 g/mol. The molecule has 1 aromatic rings. The second kappa shape index (κ2) is 7.32. The van der Waals surface area contributed by atoms with Crippen molar-refractivity contribution in [3.05, 3.63) is 29.8 Å². The number of carbonyl (C=O) groups excluding carboxylic acids is 1. The molecule has 0 radical (unpaired) electrons. The third kappa shape index (κ3) is 3.75. The van der Waals surface area contributed by atoms with Gasteiger partial charge in [0.15, 0.2) is 0 Å². The number of amides is 1. The summed E-state index contributed by atoms with van der Waals surface area (Å²) >= 11 is 0. The van der Waals surface area contributed by atoms with Crippen molar-refractivity contribution in [1.29, 1.82) is 0 Å². The van der Waals surface area contributed by atoms with Crippen LogP contribution in [0.1, 0.15) is 55.3 Å². The summed E-state index contributed by atoms with van der Waals surface area (Å²) in [6, 6.07) is 7.78. The third-order valence-corrected chi connectivity index (χ3v) is 4.28. The van der Waals surface area contributed by atoms with Gasteiger partial charge in [-0.05, 0) is 37.1 Å². The molecule has 0 aromatic heterocycles. The predicted molar refractivity (Wildman–Crippen MR) is 81.2 cm³/mol. The van der Waals surface area contributed by atoms with Crippen LogP contribution in [0.25, 0.3) is 0 Å². The summed E-state index contributed by atoms with van der Waals surface area (Å²) in [5.41, 5.74) is 0.746. The first kappa shape index (κ1) is 14.9. The lowest BCUT2D eigenvalue weighted by atomic mass is 9.95. The molecule has 2 rings (SSSR count). The molecule has 1 aliphatic carbocycles. The summed E-state index contributed by atoms with van der Waals surface area (Å²) in [5, 5.41) is 0. The maximum Gasteiger partial charge on any atom is 0.253 e. The lowest BCUT2D eigenvalue weighted by Crippen LogP contribution is -2.37. The fraction of sp³-hybridized carbons (Fsp3) is 0.588. The molecule has 0 bridgehead atoms. The van der Waals surface area contributed by atoms with Crippen molar-refractivity contribution in [2.45, 2.75) is 51.0 Å². The van der Waals surface area contributed by atoms with E-state index < -0.39 is 0 Å². The Balaban J connectivity index is 2.01. The van der Waals surface area contributed by atoms with Gasteiger partial charge in [0.05, 0.1) is 7.11 Å². The normalized spacial score (nSPS) is 17.1. The summed E-state index contributed by atoms with van der Waals surface area (Å²) in [6.45, 7) is 0. The first-order valence-corrected chi connectivity index (χ1v) is 7.63. The highest BCUT2D eigenvalue weighted by Gasteiger charge is 2.21. The van der Waals surface area contributed by atoms with Crippen molar-refractivity contribution in [2.75, 3.05) is 14.2 Å². The maximum atomic E-state index is 12.5. The van der Waals surface area contributed by atoms with E-state index >= 15 is 0 Å². The molecule has 3 nitrogen and oxygen atoms in total. The first-order chi connectivity index (χ1) is 9.72. The van der Waals surface area contributed by atoms with Gasteiger partial charge in [-0.25, -0.2) is 0 Å². The zero-order valence-electron chi connectivity index (χ0n) is 12.6. The molecule has 0 unspecified atom stereocenters. The third-order valence-electron chi connectivity index (χ3n) is 4.28. The summed E-state index contributed by atoms with van der Waals surface area (Å²) in [6.07, 6.45) is 8.72. The number of methoxy groups -OCH3 is 1. The molecule has 1 aromatic carbocycles. The number of ether oxygens (including phenoxy) is 1. The van der Waals surface area contributed by atoms with E-state index in [1.54, 1.807) is 7.11 Å². The van der Waals surface area contributed by atoms with Gasteiger partial charge in [-0.1, -0.05) is 32.1 Å². The van der Waals surface area contributed by atoms with Crippen molar-refractivity contribution >= 4 is 5.91 Å². The average molecular weight is 275 g/mol. The van der Waals surface area contributed by atoms with Gasteiger partial charge in [-0.3, -0.25) is 4.79 Å². The molecule has 0 atom stereocenters. The van der Waals surface area contributed by atoms with E-state index in [-0.39, 0.29) is 5.91 Å². The standard InChI is InChI=1S/C17H25NO2/c1-18(15-8-6-4-3-5-7-9-15)17(19)14-10-12-16(20-2)13-11-14/h10-13,15H,3-9H2,1-2H3. The molecular formula is C17H25NO2. The Morgan fingerprint density at radius 2 is 1.60 bits per heavy atom. The molecule has 0 N–H and O–H groups in total. The largest absolute Gasteiger partial charge is 0.497 e. The minimum absolute atomic E-state index is 0.123. The lowest BCUT2D eigenvalue weighted by Gasteiger charge is -2.30. The van der Waals surface area contributed by atoms with Gasteiger partial charge in [0, 0.05) is 18.7 Å². The summed E-state index contributed by atoms with van der Waals surface area (Å²) in [4.78, 5) is 14.5. The zero-order valence-corrected chi connectivity index (χ0v) is 12.6. The molecule has 0 aliphatic heterocycles. The van der Waals surface area contributed by atoms with Crippen LogP contribution in [-0.2, 0) is 0 Å². The highest BCUT2D eigenvalue weighted by molar-refractivity contribution is 5.94. The van der Waals surface area contributed by atoms with Crippen molar-refractivity contribution in [1.82, 2.24) is 4.90 Å². The van der Waals surface area contributed by atoms with Crippen molar-refractivity contribution < 1.29 is 9.53 Å². The fourth-order valence-electron chi connectivity index (χ4n) is 2.92. The van der Waals surface area contributed by atoms with E-state index in [0.29, 0.717) is 6.04 Å². The maximum absolute atomic E-state index is 12.5. The van der Waals surface area contributed by atoms with Crippen molar-refractivity contribution in [3.8, 4) is 5.75 Å². The van der Waals surface area contributed by atoms with Crippen LogP contribution in [0.15, 0.2) is 24.3 Å². The minimum atomic E-state index is 0.123. The van der Waals surface area contributed by atoms with E-state index in [0.717, 1.165) is 24.2 Å². The van der Waals surface area contributed by atoms with Crippen LogP contribution in [0.4, 0.5) is 0 Å². The van der Waals surface area contributed by atoms with E-state index in [2.05, 4.69) is 0 Å². The van der Waals surface area contributed by atoms with E-state index in [1.807, 2.05) is 36.2 Å². The lowest BCUT2D eigenvalue weighted by molar-refractivity contribution is 0.0707. The number of hydrogen-bond acceptors (Lipinski definition) is 2. The molecule has 0 saturated heterocycles. The van der Waals surface area contributed by atoms with Gasteiger partial charge in [-0.15, -0.1) is 0 Å². The summed E-state index contributed by atoms with van der Waals surface area (Å²) in [5.74, 6) is 0.911. The zero-order chi connectivity index (χ0) is 14.4. The van der Waals surface area contributed by atoms with Crippen molar-refractivity contribution in [2.24, 2.45) is 0 Å². The highest BCUT2D eigenvalue weighted by Crippen LogP contribution is 2.22. The Morgan fingerprint density at radius 1 is 1.05 bits per heavy atom. The Morgan fingerprint density at radius 3 is 2.15 bits per heavy atom. The quantitative estimate of drug-likeness (QED) is 0.837.